The second-order valence-electron chi connectivity index (χ2n) is 23.0. The van der Waals surface area contributed by atoms with Crippen LogP contribution in [0.15, 0.2) is 60.8 Å². The zero-order chi connectivity index (χ0) is 59.8. The molecule has 0 spiro atoms. The van der Waals surface area contributed by atoms with Crippen molar-refractivity contribution >= 4 is 25.7 Å². The van der Waals surface area contributed by atoms with Crippen LogP contribution in [-0.4, -0.2) is 66.5 Å². The molecule has 0 aliphatic rings. The lowest BCUT2D eigenvalue weighted by Gasteiger charge is -2.21. The number of aliphatic hydroxyl groups excluding tert-OH is 1. The Balaban J connectivity index is 4.68. The minimum Gasteiger partial charge on any atom is -0.462 e. The highest BCUT2D eigenvalue weighted by atomic mass is 31.2. The van der Waals surface area contributed by atoms with Gasteiger partial charge in [0.2, 0.25) is 0 Å². The number of hydrogen-bond acceptors (Lipinski definition) is 10. The number of unbranched alkanes of at least 4 members (excludes halogenated alkanes) is 37. The molecule has 3 atom stereocenters. The van der Waals surface area contributed by atoms with E-state index in [9.17, 15) is 28.9 Å². The largest absolute Gasteiger partial charge is 0.472 e. The Morgan fingerprint density at radius 3 is 0.988 bits per heavy atom. The quantitative estimate of drug-likeness (QED) is 0.0197. The summed E-state index contributed by atoms with van der Waals surface area (Å²) < 4.78 is 39.8. The third-order valence-corrected chi connectivity index (χ3v) is 15.9. The van der Waals surface area contributed by atoms with Crippen molar-refractivity contribution in [3.63, 3.8) is 0 Å². The lowest BCUT2D eigenvalue weighted by molar-refractivity contribution is -0.161. The van der Waals surface area contributed by atoms with E-state index in [0.717, 1.165) is 89.9 Å². The Hall–Kier alpha value is -2.82. The standard InChI is InChI=1S/C70H127O11P/c1-4-7-10-13-16-19-22-25-28-31-33-36-38-41-44-47-50-53-56-59-68(72)77-63-67(81-70(74)61-58-55-52-49-46-43-40-37-34-32-29-26-23-20-17-14-11-8-5-2)65-79-82(75,76)78-64-66(62-71)80-69(73)60-57-54-51-48-45-42-39-35-30-27-24-21-18-15-12-9-6-3/h9,12,18,21,25,27-28,30,39,42,66-67,71H,4-8,10-11,13-17,19-20,22-24,26,29,31-38,40-41,43-65H2,1-3H3,(H,75,76)/b12-9-,21-18-,28-25-,30-27-,42-39-. The summed E-state index contributed by atoms with van der Waals surface area (Å²) in [7, 11) is -4.76. The van der Waals surface area contributed by atoms with Crippen LogP contribution in [0.3, 0.4) is 0 Å². The predicted octanol–water partition coefficient (Wildman–Crippen LogP) is 21.0. The van der Waals surface area contributed by atoms with Crippen LogP contribution in [0.25, 0.3) is 0 Å². The van der Waals surface area contributed by atoms with E-state index in [1.165, 1.54) is 180 Å². The number of carbonyl (C=O) groups is 3. The van der Waals surface area contributed by atoms with E-state index in [1.807, 2.05) is 0 Å². The highest BCUT2D eigenvalue weighted by Crippen LogP contribution is 2.43. The highest BCUT2D eigenvalue weighted by Gasteiger charge is 2.28. The highest BCUT2D eigenvalue weighted by molar-refractivity contribution is 7.47. The van der Waals surface area contributed by atoms with Crippen molar-refractivity contribution in [2.24, 2.45) is 0 Å². The second-order valence-corrected chi connectivity index (χ2v) is 24.4. The predicted molar refractivity (Wildman–Crippen MR) is 344 cm³/mol. The van der Waals surface area contributed by atoms with Gasteiger partial charge in [-0.05, 0) is 83.5 Å². The van der Waals surface area contributed by atoms with Crippen LogP contribution in [0.5, 0.6) is 0 Å². The third kappa shape index (κ3) is 61.7. The van der Waals surface area contributed by atoms with Crippen LogP contribution in [0.4, 0.5) is 0 Å². The third-order valence-electron chi connectivity index (χ3n) is 14.9. The Morgan fingerprint density at radius 2 is 0.634 bits per heavy atom. The molecule has 0 aliphatic carbocycles. The van der Waals surface area contributed by atoms with Crippen LogP contribution in [0.1, 0.15) is 329 Å². The first-order valence-electron chi connectivity index (χ1n) is 34.2. The normalized spacial score (nSPS) is 13.6. The number of allylic oxidation sites excluding steroid dienone is 10. The summed E-state index contributed by atoms with van der Waals surface area (Å²) in [5.74, 6) is -1.47. The van der Waals surface area contributed by atoms with Gasteiger partial charge in [0.15, 0.2) is 6.10 Å². The maximum Gasteiger partial charge on any atom is 0.472 e. The zero-order valence-corrected chi connectivity index (χ0v) is 54.1. The first kappa shape index (κ1) is 79.2. The van der Waals surface area contributed by atoms with Crippen molar-refractivity contribution in [3.05, 3.63) is 60.8 Å². The van der Waals surface area contributed by atoms with Crippen molar-refractivity contribution in [1.82, 2.24) is 0 Å². The molecule has 0 saturated carbocycles. The molecule has 0 radical (unpaired) electrons. The van der Waals surface area contributed by atoms with E-state index < -0.39 is 57.8 Å². The molecule has 82 heavy (non-hydrogen) atoms. The topological polar surface area (TPSA) is 155 Å². The Bertz CT molecular complexity index is 1610. The smallest absolute Gasteiger partial charge is 0.462 e. The Kier molecular flexibility index (Phi) is 62.0. The van der Waals surface area contributed by atoms with Crippen LogP contribution < -0.4 is 0 Å². The van der Waals surface area contributed by atoms with E-state index in [2.05, 4.69) is 81.5 Å². The number of phosphoric ester groups is 1. The fraction of sp³-hybridized carbons (Fsp3) is 0.814. The van der Waals surface area contributed by atoms with E-state index in [0.29, 0.717) is 19.3 Å². The van der Waals surface area contributed by atoms with Crippen LogP contribution in [0.2, 0.25) is 0 Å². The van der Waals surface area contributed by atoms with Gasteiger partial charge in [0, 0.05) is 19.3 Å². The molecule has 0 aromatic heterocycles. The average molecular weight is 1180 g/mol. The van der Waals surface area contributed by atoms with Crippen molar-refractivity contribution in [1.29, 1.82) is 0 Å². The minimum atomic E-state index is -4.76. The first-order valence-corrected chi connectivity index (χ1v) is 35.7. The molecule has 0 fully saturated rings. The molecule has 0 rings (SSSR count). The maximum atomic E-state index is 13.0. The summed E-state index contributed by atoms with van der Waals surface area (Å²) in [5, 5.41) is 9.86. The van der Waals surface area contributed by atoms with E-state index in [-0.39, 0.29) is 25.9 Å². The number of phosphoric acid groups is 1. The summed E-state index contributed by atoms with van der Waals surface area (Å²) in [6.07, 6.45) is 73.1. The molecule has 3 unspecified atom stereocenters. The molecule has 0 bridgehead atoms. The molecule has 0 aliphatic heterocycles. The van der Waals surface area contributed by atoms with Gasteiger partial charge in [0.25, 0.3) is 0 Å². The Labute approximate surface area is 504 Å². The van der Waals surface area contributed by atoms with Gasteiger partial charge in [-0.25, -0.2) is 4.57 Å². The van der Waals surface area contributed by atoms with Gasteiger partial charge in [-0.2, -0.15) is 0 Å². The number of ether oxygens (including phenoxy) is 3. The molecule has 0 aromatic carbocycles. The molecule has 12 heteroatoms. The average Bonchev–Trinajstić information content (AvgIpc) is 3.49. The van der Waals surface area contributed by atoms with Gasteiger partial charge in [-0.15, -0.1) is 0 Å². The second kappa shape index (κ2) is 64.2. The lowest BCUT2D eigenvalue weighted by atomic mass is 10.0. The van der Waals surface area contributed by atoms with E-state index in [1.54, 1.807) is 0 Å². The first-order chi connectivity index (χ1) is 40.2. The monoisotopic (exact) mass is 1170 g/mol. The van der Waals surface area contributed by atoms with Gasteiger partial charge in [-0.1, -0.05) is 287 Å². The lowest BCUT2D eigenvalue weighted by Crippen LogP contribution is -2.30. The van der Waals surface area contributed by atoms with Crippen molar-refractivity contribution in [3.8, 4) is 0 Å². The molecule has 0 saturated heterocycles. The summed E-state index contributed by atoms with van der Waals surface area (Å²) in [6, 6.07) is 0. The van der Waals surface area contributed by atoms with Crippen LogP contribution in [-0.2, 0) is 42.2 Å². The molecule has 478 valence electrons. The fourth-order valence-electron chi connectivity index (χ4n) is 9.76. The summed E-state index contributed by atoms with van der Waals surface area (Å²) in [4.78, 5) is 48.9. The summed E-state index contributed by atoms with van der Waals surface area (Å²) in [5.41, 5.74) is 0. The minimum absolute atomic E-state index is 0.150. The van der Waals surface area contributed by atoms with Gasteiger partial charge in [0.05, 0.1) is 19.8 Å². The number of aliphatic hydroxyl groups is 1. The molecule has 2 N–H and O–H groups in total. The summed E-state index contributed by atoms with van der Waals surface area (Å²) >= 11 is 0. The molecular formula is C70H127O11P. The SMILES string of the molecule is CC/C=C\C/C=C\C/C=C\C/C=C\CCCCCCC(=O)OC(CO)COP(=O)(O)OCC(COC(=O)CCCCCCCCCCC/C=C\CCCCCCCC)OC(=O)CCCCCCCCCCCCCCCCCCCCC. The van der Waals surface area contributed by atoms with Crippen LogP contribution >= 0.6 is 7.82 Å². The van der Waals surface area contributed by atoms with Gasteiger partial charge < -0.3 is 24.2 Å². The van der Waals surface area contributed by atoms with Gasteiger partial charge in [-0.3, -0.25) is 23.4 Å². The molecular weight excluding hydrogens is 1050 g/mol. The van der Waals surface area contributed by atoms with Gasteiger partial charge >= 0.3 is 25.7 Å². The number of esters is 3. The van der Waals surface area contributed by atoms with Crippen LogP contribution in [0, 0.1) is 0 Å². The van der Waals surface area contributed by atoms with Crippen molar-refractivity contribution in [2.45, 2.75) is 341 Å². The van der Waals surface area contributed by atoms with E-state index in [4.69, 9.17) is 23.3 Å². The molecule has 0 heterocycles. The number of carbonyl (C=O) groups excluding carboxylic acids is 3. The van der Waals surface area contributed by atoms with Gasteiger partial charge in [0.1, 0.15) is 12.7 Å². The van der Waals surface area contributed by atoms with E-state index >= 15 is 0 Å². The summed E-state index contributed by atoms with van der Waals surface area (Å²) in [6.45, 7) is 4.57. The Morgan fingerprint density at radius 1 is 0.354 bits per heavy atom. The molecule has 0 aromatic rings. The molecule has 11 nitrogen and oxygen atoms in total. The van der Waals surface area contributed by atoms with Crippen molar-refractivity contribution < 1.29 is 52.2 Å². The number of rotatable bonds is 64. The maximum absolute atomic E-state index is 13.0. The molecule has 0 amide bonds. The zero-order valence-electron chi connectivity index (χ0n) is 53.2. The fourth-order valence-corrected chi connectivity index (χ4v) is 10.5. The van der Waals surface area contributed by atoms with Crippen molar-refractivity contribution in [2.75, 3.05) is 26.4 Å². The number of hydrogen-bond donors (Lipinski definition) is 2.